The van der Waals surface area contributed by atoms with Gasteiger partial charge in [-0.25, -0.2) is 4.99 Å². The van der Waals surface area contributed by atoms with Crippen molar-refractivity contribution in [3.63, 3.8) is 0 Å². The first kappa shape index (κ1) is 18.8. The van der Waals surface area contributed by atoms with Crippen molar-refractivity contribution in [3.05, 3.63) is 59.2 Å². The summed E-state index contributed by atoms with van der Waals surface area (Å²) in [7, 11) is 3.40. The molecule has 3 rings (SSSR count). The number of anilines is 1. The molecule has 0 bridgehead atoms. The van der Waals surface area contributed by atoms with Crippen LogP contribution in [-0.2, 0) is 24.2 Å². The molecule has 6 heteroatoms. The molecule has 3 N–H and O–H groups in total. The minimum Gasteiger partial charge on any atom is -0.484 e. The summed E-state index contributed by atoms with van der Waals surface area (Å²) < 4.78 is 5.53. The number of nitrogens with one attached hydrogen (secondary N) is 1. The van der Waals surface area contributed by atoms with Gasteiger partial charge in [-0.05, 0) is 60.2 Å². The molecule has 0 aromatic heterocycles. The van der Waals surface area contributed by atoms with E-state index >= 15 is 0 Å². The fraction of sp³-hybridized carbons (Fsp3) is 0.333. The average molecular weight is 366 g/mol. The van der Waals surface area contributed by atoms with Gasteiger partial charge in [-0.3, -0.25) is 4.79 Å². The molecule has 1 aliphatic rings. The summed E-state index contributed by atoms with van der Waals surface area (Å²) in [6, 6.07) is 13.9. The van der Waals surface area contributed by atoms with Crippen LogP contribution >= 0.6 is 0 Å². The Bertz CT molecular complexity index is 846. The largest absolute Gasteiger partial charge is 0.484 e. The molecule has 0 spiro atoms. The Morgan fingerprint density at radius 2 is 2.00 bits per heavy atom. The molecule has 0 heterocycles. The summed E-state index contributed by atoms with van der Waals surface area (Å²) in [6.45, 7) is 0.449. The summed E-state index contributed by atoms with van der Waals surface area (Å²) in [5, 5.41) is 3.16. The van der Waals surface area contributed by atoms with Gasteiger partial charge in [0, 0.05) is 19.8 Å². The number of carbonyl (C=O) groups excluding carboxylic acids is 1. The monoisotopic (exact) mass is 366 g/mol. The fourth-order valence-electron chi connectivity index (χ4n) is 3.02. The first-order chi connectivity index (χ1) is 13.0. The predicted molar refractivity (Wildman–Crippen MR) is 108 cm³/mol. The number of fused-ring (bicyclic) bond motifs is 1. The summed E-state index contributed by atoms with van der Waals surface area (Å²) in [4.78, 5) is 17.5. The van der Waals surface area contributed by atoms with Crippen molar-refractivity contribution in [2.45, 2.75) is 25.8 Å². The van der Waals surface area contributed by atoms with Crippen LogP contribution in [0.2, 0.25) is 0 Å². The van der Waals surface area contributed by atoms with Gasteiger partial charge in [0.15, 0.2) is 12.6 Å². The Morgan fingerprint density at radius 3 is 2.81 bits per heavy atom. The molecule has 0 atom stereocenters. The van der Waals surface area contributed by atoms with Gasteiger partial charge in [-0.2, -0.15) is 0 Å². The zero-order valence-electron chi connectivity index (χ0n) is 15.9. The van der Waals surface area contributed by atoms with E-state index in [9.17, 15) is 4.79 Å². The first-order valence-corrected chi connectivity index (χ1v) is 9.12. The predicted octanol–water partition coefficient (Wildman–Crippen LogP) is 2.57. The van der Waals surface area contributed by atoms with Gasteiger partial charge in [0.2, 0.25) is 0 Å². The number of nitrogens with two attached hydrogens (primary N) is 1. The molecule has 0 unspecified atom stereocenters. The highest BCUT2D eigenvalue weighted by Crippen LogP contribution is 2.24. The Hall–Kier alpha value is -3.02. The first-order valence-electron chi connectivity index (χ1n) is 9.12. The topological polar surface area (TPSA) is 80.0 Å². The van der Waals surface area contributed by atoms with Crippen LogP contribution < -0.4 is 15.8 Å². The van der Waals surface area contributed by atoms with Crippen LogP contribution in [0.25, 0.3) is 0 Å². The summed E-state index contributed by atoms with van der Waals surface area (Å²) in [5.74, 6) is 0.936. The lowest BCUT2D eigenvalue weighted by Crippen LogP contribution is -2.27. The molecule has 142 valence electrons. The Kier molecular flexibility index (Phi) is 5.96. The van der Waals surface area contributed by atoms with Crippen molar-refractivity contribution in [3.8, 4) is 5.75 Å². The summed E-state index contributed by atoms with van der Waals surface area (Å²) in [6.07, 6.45) is 3.52. The van der Waals surface area contributed by atoms with Crippen LogP contribution in [0.5, 0.6) is 5.75 Å². The second-order valence-electron chi connectivity index (χ2n) is 6.89. The molecule has 0 saturated carbocycles. The quantitative estimate of drug-likeness (QED) is 0.608. The number of aryl methyl sites for hydroxylation is 2. The molecule has 1 aliphatic carbocycles. The lowest BCUT2D eigenvalue weighted by atomic mass is 10.1. The minimum atomic E-state index is -0.0822. The van der Waals surface area contributed by atoms with Crippen LogP contribution in [0.15, 0.2) is 47.5 Å². The molecule has 0 saturated heterocycles. The number of hydrogen-bond acceptors (Lipinski definition) is 3. The van der Waals surface area contributed by atoms with Crippen LogP contribution in [-0.4, -0.2) is 37.5 Å². The molecule has 2 aromatic carbocycles. The molecule has 0 radical (unpaired) electrons. The lowest BCUT2D eigenvalue weighted by Gasteiger charge is -2.12. The van der Waals surface area contributed by atoms with Crippen molar-refractivity contribution < 1.29 is 9.53 Å². The number of guanidine groups is 1. The van der Waals surface area contributed by atoms with Crippen LogP contribution in [0.3, 0.4) is 0 Å². The van der Waals surface area contributed by atoms with Gasteiger partial charge in [0.1, 0.15) is 5.75 Å². The molecule has 2 aromatic rings. The molecular weight excluding hydrogens is 340 g/mol. The number of carbonyl (C=O) groups is 1. The van der Waals surface area contributed by atoms with E-state index in [2.05, 4.69) is 22.4 Å². The lowest BCUT2D eigenvalue weighted by molar-refractivity contribution is -0.130. The number of hydrogen-bond donors (Lipinski definition) is 2. The van der Waals surface area contributed by atoms with Gasteiger partial charge >= 0.3 is 0 Å². The van der Waals surface area contributed by atoms with E-state index in [4.69, 9.17) is 10.5 Å². The minimum absolute atomic E-state index is 0.0156. The highest BCUT2D eigenvalue weighted by molar-refractivity contribution is 5.92. The maximum absolute atomic E-state index is 11.6. The SMILES string of the molecule is CN(C)C(=O)COc1cccc(CN=C(N)Nc2ccc3c(c2)CCC3)c1. The van der Waals surface area contributed by atoms with Crippen molar-refractivity contribution >= 4 is 17.6 Å². The summed E-state index contributed by atoms with van der Waals surface area (Å²) >= 11 is 0. The van der Waals surface area contributed by atoms with Crippen molar-refractivity contribution in [2.75, 3.05) is 26.0 Å². The zero-order chi connectivity index (χ0) is 19.2. The van der Waals surface area contributed by atoms with Gasteiger partial charge in [0.25, 0.3) is 5.91 Å². The Balaban J connectivity index is 1.56. The van der Waals surface area contributed by atoms with E-state index in [-0.39, 0.29) is 12.5 Å². The molecule has 0 aliphatic heterocycles. The van der Waals surface area contributed by atoms with E-state index < -0.39 is 0 Å². The van der Waals surface area contributed by atoms with Crippen molar-refractivity contribution in [2.24, 2.45) is 10.7 Å². The second-order valence-corrected chi connectivity index (χ2v) is 6.89. The fourth-order valence-corrected chi connectivity index (χ4v) is 3.02. The standard InChI is InChI=1S/C21H26N4O2/c1-25(2)20(26)14-27-19-8-3-5-15(11-19)13-23-21(22)24-18-10-9-16-6-4-7-17(16)12-18/h3,5,8-12H,4,6-7,13-14H2,1-2H3,(H3,22,23,24). The third-order valence-corrected chi connectivity index (χ3v) is 4.56. The van der Waals surface area contributed by atoms with E-state index in [1.165, 1.54) is 22.4 Å². The van der Waals surface area contributed by atoms with E-state index in [1.54, 1.807) is 14.1 Å². The maximum atomic E-state index is 11.6. The van der Waals surface area contributed by atoms with Crippen LogP contribution in [0.1, 0.15) is 23.1 Å². The molecule has 1 amide bonds. The Morgan fingerprint density at radius 1 is 1.19 bits per heavy atom. The highest BCUT2D eigenvalue weighted by Gasteiger charge is 2.11. The van der Waals surface area contributed by atoms with Crippen molar-refractivity contribution in [1.82, 2.24) is 4.90 Å². The van der Waals surface area contributed by atoms with Gasteiger partial charge in [-0.15, -0.1) is 0 Å². The third-order valence-electron chi connectivity index (χ3n) is 4.56. The van der Waals surface area contributed by atoms with Gasteiger partial charge in [0.05, 0.1) is 6.54 Å². The summed E-state index contributed by atoms with van der Waals surface area (Å²) in [5.41, 5.74) is 10.8. The number of benzene rings is 2. The van der Waals surface area contributed by atoms with E-state index in [0.717, 1.165) is 24.1 Å². The van der Waals surface area contributed by atoms with E-state index in [1.807, 2.05) is 30.3 Å². The average Bonchev–Trinajstić information content (AvgIpc) is 3.12. The third kappa shape index (κ3) is 5.23. The molecule has 6 nitrogen and oxygen atoms in total. The normalized spacial score (nSPS) is 13.2. The second kappa shape index (κ2) is 8.58. The smallest absolute Gasteiger partial charge is 0.259 e. The van der Waals surface area contributed by atoms with Crippen LogP contribution in [0.4, 0.5) is 5.69 Å². The number of ether oxygens (including phenoxy) is 1. The number of rotatable bonds is 6. The molecule has 0 fully saturated rings. The zero-order valence-corrected chi connectivity index (χ0v) is 15.9. The van der Waals surface area contributed by atoms with Crippen molar-refractivity contribution in [1.29, 1.82) is 0 Å². The number of aliphatic imine (C=N–C) groups is 1. The number of amides is 1. The van der Waals surface area contributed by atoms with Crippen LogP contribution in [0, 0.1) is 0 Å². The number of likely N-dealkylation sites (N-methyl/N-ethyl adjacent to an activating group) is 1. The maximum Gasteiger partial charge on any atom is 0.259 e. The van der Waals surface area contributed by atoms with E-state index in [0.29, 0.717) is 18.3 Å². The Labute approximate surface area is 160 Å². The van der Waals surface area contributed by atoms with Gasteiger partial charge < -0.3 is 20.7 Å². The van der Waals surface area contributed by atoms with Gasteiger partial charge in [-0.1, -0.05) is 18.2 Å². The molecule has 27 heavy (non-hydrogen) atoms. The molecular formula is C21H26N4O2. The highest BCUT2D eigenvalue weighted by atomic mass is 16.5. The number of nitrogens with zero attached hydrogens (tertiary/aromatic N) is 2.